The monoisotopic (exact) mass is 140 g/mol. The Kier molecular flexibility index (Phi) is 0.858. The van der Waals surface area contributed by atoms with Crippen LogP contribution in [0.2, 0.25) is 0 Å². The first-order valence-corrected chi connectivity index (χ1v) is 3.48. The smallest absolute Gasteiger partial charge is 0.177 e. The third-order valence-electron chi connectivity index (χ3n) is 1.87. The van der Waals surface area contributed by atoms with Crippen LogP contribution in [0.1, 0.15) is 11.4 Å². The van der Waals surface area contributed by atoms with Gasteiger partial charge in [0, 0.05) is 24.4 Å². The maximum atomic E-state index is 5.02. The molecule has 0 unspecified atom stereocenters. The van der Waals surface area contributed by atoms with E-state index in [0.29, 0.717) is 0 Å². The lowest BCUT2D eigenvalue weighted by Gasteiger charge is -2.16. The molecule has 9 heavy (non-hydrogen) atoms. The van der Waals surface area contributed by atoms with Gasteiger partial charge in [0.25, 0.3) is 0 Å². The summed E-state index contributed by atoms with van der Waals surface area (Å²) in [6.07, 6.45) is 1.19. The van der Waals surface area contributed by atoms with Crippen molar-refractivity contribution in [3.63, 3.8) is 0 Å². The Bertz CT molecular complexity index is 294. The Morgan fingerprint density at radius 3 is 2.67 bits per heavy atom. The van der Waals surface area contributed by atoms with Crippen molar-refractivity contribution in [2.45, 2.75) is 19.9 Å². The molecule has 0 bridgehead atoms. The van der Waals surface area contributed by atoms with E-state index in [-0.39, 0.29) is 0 Å². The first-order valence-electron chi connectivity index (χ1n) is 3.07. The predicted octanol–water partition coefficient (Wildman–Crippen LogP) is 1.41. The van der Waals surface area contributed by atoms with E-state index >= 15 is 0 Å². The molecule has 0 spiro atoms. The van der Waals surface area contributed by atoms with E-state index in [0.717, 1.165) is 11.3 Å². The second kappa shape index (κ2) is 1.48. The Labute approximate surface area is 58.5 Å². The molecule has 3 heteroatoms. The first kappa shape index (κ1) is 5.23. The molecular formula is C6H8N2S. The van der Waals surface area contributed by atoms with Gasteiger partial charge in [-0.15, -0.1) is 0 Å². The van der Waals surface area contributed by atoms with Crippen LogP contribution < -0.4 is 0 Å². The number of aryl methyl sites for hydroxylation is 1. The normalized spacial score (nSPS) is 14.8. The maximum Gasteiger partial charge on any atom is 0.177 e. The largest absolute Gasteiger partial charge is 0.335 e. The van der Waals surface area contributed by atoms with Crippen LogP contribution in [0.4, 0.5) is 0 Å². The summed E-state index contributed by atoms with van der Waals surface area (Å²) >= 11 is 5.02. The van der Waals surface area contributed by atoms with E-state index < -0.39 is 0 Å². The van der Waals surface area contributed by atoms with Crippen molar-refractivity contribution >= 4 is 12.2 Å². The van der Waals surface area contributed by atoms with Crippen LogP contribution in [0.15, 0.2) is 0 Å². The number of fused-ring (bicyclic) bond motifs is 1. The van der Waals surface area contributed by atoms with E-state index in [1.54, 1.807) is 0 Å². The number of aromatic nitrogens is 2. The van der Waals surface area contributed by atoms with Gasteiger partial charge in [-0.2, -0.15) is 0 Å². The molecule has 2 heterocycles. The van der Waals surface area contributed by atoms with Gasteiger partial charge in [-0.25, -0.2) is 0 Å². The number of rotatable bonds is 0. The van der Waals surface area contributed by atoms with E-state index in [1.165, 1.54) is 17.8 Å². The minimum absolute atomic E-state index is 0.883. The molecule has 0 atom stereocenters. The second-order valence-corrected chi connectivity index (χ2v) is 2.79. The van der Waals surface area contributed by atoms with Gasteiger partial charge in [0.15, 0.2) is 4.77 Å². The Morgan fingerprint density at radius 2 is 2.44 bits per heavy atom. The molecule has 0 fully saturated rings. The van der Waals surface area contributed by atoms with E-state index in [1.807, 2.05) is 0 Å². The van der Waals surface area contributed by atoms with Crippen molar-refractivity contribution in [3.8, 4) is 0 Å². The number of nitrogens with one attached hydrogen (secondary N) is 1. The highest BCUT2D eigenvalue weighted by Gasteiger charge is 2.15. The lowest BCUT2D eigenvalue weighted by atomic mass is 10.2. The van der Waals surface area contributed by atoms with Gasteiger partial charge in [-0.1, -0.05) is 0 Å². The minimum atomic E-state index is 0.883. The third kappa shape index (κ3) is 0.525. The topological polar surface area (TPSA) is 20.7 Å². The number of H-pyrrole nitrogens is 1. The third-order valence-corrected chi connectivity index (χ3v) is 2.19. The summed E-state index contributed by atoms with van der Waals surface area (Å²) in [5, 5.41) is 0. The summed E-state index contributed by atoms with van der Waals surface area (Å²) in [4.78, 5) is 3.12. The van der Waals surface area contributed by atoms with Crippen molar-refractivity contribution in [2.75, 3.05) is 0 Å². The van der Waals surface area contributed by atoms with Crippen molar-refractivity contribution in [1.82, 2.24) is 9.55 Å². The molecule has 0 aliphatic carbocycles. The van der Waals surface area contributed by atoms with Crippen LogP contribution >= 0.6 is 12.2 Å². The van der Waals surface area contributed by atoms with Gasteiger partial charge < -0.3 is 9.55 Å². The van der Waals surface area contributed by atoms with Gasteiger partial charge >= 0.3 is 0 Å². The molecule has 1 N–H and O–H groups in total. The van der Waals surface area contributed by atoms with Crippen LogP contribution in [0, 0.1) is 11.7 Å². The van der Waals surface area contributed by atoms with E-state index in [9.17, 15) is 0 Å². The number of aromatic amines is 1. The standard InChI is InChI=1S/C6H8N2S/c1-4-5-2-3-8(5)6(9)7-4/h2-3H2,1H3,(H,7,9). The zero-order valence-electron chi connectivity index (χ0n) is 5.27. The Hall–Kier alpha value is -0.570. The van der Waals surface area contributed by atoms with Crippen molar-refractivity contribution in [3.05, 3.63) is 16.2 Å². The molecular weight excluding hydrogens is 132 g/mol. The summed E-state index contributed by atoms with van der Waals surface area (Å²) in [5.74, 6) is 0. The van der Waals surface area contributed by atoms with E-state index in [4.69, 9.17) is 12.2 Å². The average molecular weight is 140 g/mol. The number of hydrogen-bond acceptors (Lipinski definition) is 1. The zero-order chi connectivity index (χ0) is 6.43. The van der Waals surface area contributed by atoms with Gasteiger partial charge in [0.1, 0.15) is 0 Å². The molecule has 0 amide bonds. The highest BCUT2D eigenvalue weighted by molar-refractivity contribution is 7.71. The van der Waals surface area contributed by atoms with Crippen molar-refractivity contribution < 1.29 is 0 Å². The summed E-state index contributed by atoms with van der Waals surface area (Å²) in [6.45, 7) is 3.18. The minimum Gasteiger partial charge on any atom is -0.335 e. The van der Waals surface area contributed by atoms with Crippen LogP contribution in [0.5, 0.6) is 0 Å². The molecule has 1 aliphatic rings. The van der Waals surface area contributed by atoms with Crippen LogP contribution in [-0.4, -0.2) is 9.55 Å². The summed E-state index contributed by atoms with van der Waals surface area (Å²) in [5.41, 5.74) is 2.63. The highest BCUT2D eigenvalue weighted by atomic mass is 32.1. The molecule has 1 aromatic rings. The van der Waals surface area contributed by atoms with Gasteiger partial charge in [-0.3, -0.25) is 0 Å². The highest BCUT2D eigenvalue weighted by Crippen LogP contribution is 2.17. The molecule has 2 rings (SSSR count). The molecule has 0 saturated heterocycles. The molecule has 0 aromatic carbocycles. The summed E-state index contributed by atoms with van der Waals surface area (Å²) < 4.78 is 3.03. The quantitative estimate of drug-likeness (QED) is 0.540. The zero-order valence-corrected chi connectivity index (χ0v) is 6.09. The lowest BCUT2D eigenvalue weighted by Crippen LogP contribution is -2.17. The fourth-order valence-corrected chi connectivity index (χ4v) is 1.60. The number of nitrogens with zero attached hydrogens (tertiary/aromatic N) is 1. The molecule has 2 nitrogen and oxygen atoms in total. The SMILES string of the molecule is Cc1[nH]c(=S)n2c1CC2. The number of imidazole rings is 1. The van der Waals surface area contributed by atoms with Crippen molar-refractivity contribution in [2.24, 2.45) is 0 Å². The molecule has 48 valence electrons. The van der Waals surface area contributed by atoms with Crippen LogP contribution in [0.3, 0.4) is 0 Å². The molecule has 0 radical (unpaired) electrons. The summed E-state index contributed by atoms with van der Waals surface area (Å²) in [7, 11) is 0. The average Bonchev–Trinajstić information content (AvgIpc) is 1.73. The molecule has 1 aliphatic heterocycles. The summed E-state index contributed by atoms with van der Waals surface area (Å²) in [6, 6.07) is 0. The van der Waals surface area contributed by atoms with Gasteiger partial charge in [0.05, 0.1) is 0 Å². The second-order valence-electron chi connectivity index (χ2n) is 2.40. The molecule has 0 saturated carbocycles. The van der Waals surface area contributed by atoms with Gasteiger partial charge in [0.2, 0.25) is 0 Å². The lowest BCUT2D eigenvalue weighted by molar-refractivity contribution is 0.546. The Morgan fingerprint density at radius 1 is 1.67 bits per heavy atom. The van der Waals surface area contributed by atoms with E-state index in [2.05, 4.69) is 16.5 Å². The maximum absolute atomic E-state index is 5.02. The van der Waals surface area contributed by atoms with Crippen LogP contribution in [-0.2, 0) is 13.0 Å². The van der Waals surface area contributed by atoms with Crippen LogP contribution in [0.25, 0.3) is 0 Å². The first-order chi connectivity index (χ1) is 4.29. The fourth-order valence-electron chi connectivity index (χ4n) is 1.25. The molecule has 1 aromatic heterocycles. The van der Waals surface area contributed by atoms with Crippen molar-refractivity contribution in [1.29, 1.82) is 0 Å². The Balaban J connectivity index is 2.81. The number of hydrogen-bond donors (Lipinski definition) is 1. The fraction of sp³-hybridized carbons (Fsp3) is 0.500. The van der Waals surface area contributed by atoms with Gasteiger partial charge in [-0.05, 0) is 19.1 Å². The predicted molar refractivity (Wildman–Crippen MR) is 38.1 cm³/mol.